The molecule has 3 rings (SSSR count). The van der Waals surface area contributed by atoms with E-state index in [0.29, 0.717) is 12.3 Å². The molecule has 1 aliphatic rings. The molecule has 2 amide bonds. The molecule has 7 heteroatoms. The van der Waals surface area contributed by atoms with E-state index in [1.165, 1.54) is 0 Å². The number of carbonyl (C=O) groups is 3. The maximum Gasteiger partial charge on any atom is 0.408 e. The molecule has 0 spiro atoms. The Balaban J connectivity index is 1.63. The Bertz CT molecular complexity index is 852. The zero-order chi connectivity index (χ0) is 21.3. The molecular formula is C23H26N2O5. The quantitative estimate of drug-likeness (QED) is 0.559. The van der Waals surface area contributed by atoms with Crippen molar-refractivity contribution >= 4 is 18.0 Å². The summed E-state index contributed by atoms with van der Waals surface area (Å²) in [6.45, 7) is 0.0752. The minimum absolute atomic E-state index is 0.0752. The summed E-state index contributed by atoms with van der Waals surface area (Å²) in [5.74, 6) is -1.27. The van der Waals surface area contributed by atoms with E-state index in [1.54, 1.807) is 0 Å². The molecule has 2 aromatic carbocycles. The summed E-state index contributed by atoms with van der Waals surface area (Å²) in [5, 5.41) is 14.6. The molecule has 0 unspecified atom stereocenters. The first-order chi connectivity index (χ1) is 14.5. The predicted molar refractivity (Wildman–Crippen MR) is 111 cm³/mol. The van der Waals surface area contributed by atoms with Gasteiger partial charge in [-0.25, -0.2) is 9.59 Å². The molecule has 1 aliphatic carbocycles. The van der Waals surface area contributed by atoms with E-state index < -0.39 is 30.1 Å². The second-order valence-electron chi connectivity index (χ2n) is 7.53. The van der Waals surface area contributed by atoms with E-state index in [-0.39, 0.29) is 13.0 Å². The number of alkyl carbamates (subject to hydrolysis) is 1. The van der Waals surface area contributed by atoms with Crippen molar-refractivity contribution in [1.82, 2.24) is 10.6 Å². The third-order valence-corrected chi connectivity index (χ3v) is 4.98. The Kier molecular flexibility index (Phi) is 7.43. The molecule has 2 aromatic rings. The van der Waals surface area contributed by atoms with Crippen LogP contribution < -0.4 is 10.6 Å². The van der Waals surface area contributed by atoms with Gasteiger partial charge in [0.15, 0.2) is 0 Å². The van der Waals surface area contributed by atoms with Gasteiger partial charge in [-0.1, -0.05) is 73.5 Å². The van der Waals surface area contributed by atoms with Crippen LogP contribution in [0.5, 0.6) is 0 Å². The number of ether oxygens (including phenoxy) is 1. The standard InChI is InChI=1S/C23H26N2O5/c26-21(24-20(22(27)28)14-17-11-12-17)19(13-16-7-3-1-4-8-16)25-23(29)30-15-18-9-5-2-6-10-18/h1-10,17,19-20H,11-15H2,(H,24,26)(H,25,29)(H,27,28)/t19-,20-/m1/s1. The van der Waals surface area contributed by atoms with Gasteiger partial charge in [-0.15, -0.1) is 0 Å². The molecule has 1 saturated carbocycles. The summed E-state index contributed by atoms with van der Waals surface area (Å²) in [4.78, 5) is 36.7. The summed E-state index contributed by atoms with van der Waals surface area (Å²) in [6.07, 6.45) is 1.86. The first-order valence-electron chi connectivity index (χ1n) is 10.1. The Hall–Kier alpha value is -3.35. The lowest BCUT2D eigenvalue weighted by Gasteiger charge is -2.21. The molecule has 158 valence electrons. The second kappa shape index (κ2) is 10.4. The zero-order valence-electron chi connectivity index (χ0n) is 16.6. The van der Waals surface area contributed by atoms with Crippen LogP contribution in [0.1, 0.15) is 30.4 Å². The third kappa shape index (κ3) is 6.92. The van der Waals surface area contributed by atoms with Crippen molar-refractivity contribution in [1.29, 1.82) is 0 Å². The summed E-state index contributed by atoms with van der Waals surface area (Å²) in [7, 11) is 0. The third-order valence-electron chi connectivity index (χ3n) is 4.98. The summed E-state index contributed by atoms with van der Waals surface area (Å²) >= 11 is 0. The van der Waals surface area contributed by atoms with Crippen LogP contribution in [0, 0.1) is 5.92 Å². The molecular weight excluding hydrogens is 384 g/mol. The molecule has 0 heterocycles. The van der Waals surface area contributed by atoms with Crippen molar-refractivity contribution in [2.24, 2.45) is 5.92 Å². The number of aliphatic carboxylic acids is 1. The largest absolute Gasteiger partial charge is 0.480 e. The van der Waals surface area contributed by atoms with Gasteiger partial charge in [0.05, 0.1) is 0 Å². The maximum absolute atomic E-state index is 12.8. The first-order valence-corrected chi connectivity index (χ1v) is 10.1. The fourth-order valence-corrected chi connectivity index (χ4v) is 3.15. The summed E-state index contributed by atoms with van der Waals surface area (Å²) in [5.41, 5.74) is 1.67. The minimum atomic E-state index is -1.07. The maximum atomic E-state index is 12.8. The Morgan fingerprint density at radius 2 is 1.50 bits per heavy atom. The van der Waals surface area contributed by atoms with Gasteiger partial charge in [0.2, 0.25) is 5.91 Å². The molecule has 1 fully saturated rings. The number of amides is 2. The van der Waals surface area contributed by atoms with Crippen LogP contribution in [-0.4, -0.2) is 35.2 Å². The molecule has 7 nitrogen and oxygen atoms in total. The molecule has 0 aromatic heterocycles. The molecule has 0 saturated heterocycles. The van der Waals surface area contributed by atoms with E-state index in [9.17, 15) is 19.5 Å². The van der Waals surface area contributed by atoms with Crippen LogP contribution >= 0.6 is 0 Å². The Morgan fingerprint density at radius 3 is 2.07 bits per heavy atom. The summed E-state index contributed by atoms with van der Waals surface area (Å²) < 4.78 is 5.23. The van der Waals surface area contributed by atoms with E-state index in [4.69, 9.17) is 4.74 Å². The van der Waals surface area contributed by atoms with Gasteiger partial charge in [-0.2, -0.15) is 0 Å². The van der Waals surface area contributed by atoms with Gasteiger partial charge >= 0.3 is 12.1 Å². The van der Waals surface area contributed by atoms with Gasteiger partial charge < -0.3 is 20.5 Å². The van der Waals surface area contributed by atoms with Gasteiger partial charge in [-0.05, 0) is 23.5 Å². The number of rotatable bonds is 10. The van der Waals surface area contributed by atoms with Gasteiger partial charge in [-0.3, -0.25) is 4.79 Å². The predicted octanol–water partition coefficient (Wildman–Crippen LogP) is 2.89. The van der Waals surface area contributed by atoms with Crippen LogP contribution in [0.15, 0.2) is 60.7 Å². The van der Waals surface area contributed by atoms with E-state index in [1.807, 2.05) is 60.7 Å². The molecule has 0 aliphatic heterocycles. The number of hydrogen-bond donors (Lipinski definition) is 3. The van der Waals surface area contributed by atoms with Crippen LogP contribution in [-0.2, 0) is 27.4 Å². The zero-order valence-corrected chi connectivity index (χ0v) is 16.6. The van der Waals surface area contributed by atoms with Crippen LogP contribution in [0.2, 0.25) is 0 Å². The Labute approximate surface area is 175 Å². The number of benzene rings is 2. The van der Waals surface area contributed by atoms with E-state index in [0.717, 1.165) is 24.0 Å². The Morgan fingerprint density at radius 1 is 0.900 bits per heavy atom. The first kappa shape index (κ1) is 21.4. The van der Waals surface area contributed by atoms with E-state index >= 15 is 0 Å². The fraction of sp³-hybridized carbons (Fsp3) is 0.348. The topological polar surface area (TPSA) is 105 Å². The second-order valence-corrected chi connectivity index (χ2v) is 7.53. The SMILES string of the molecule is O=C(N[C@H](Cc1ccccc1)C(=O)N[C@H](CC1CC1)C(=O)O)OCc1ccccc1. The van der Waals surface area contributed by atoms with Crippen molar-refractivity contribution in [3.05, 3.63) is 71.8 Å². The molecule has 2 atom stereocenters. The van der Waals surface area contributed by atoms with Gasteiger partial charge in [0.1, 0.15) is 18.7 Å². The van der Waals surface area contributed by atoms with Crippen LogP contribution in [0.25, 0.3) is 0 Å². The van der Waals surface area contributed by atoms with Crippen molar-refractivity contribution in [3.63, 3.8) is 0 Å². The average molecular weight is 410 g/mol. The summed E-state index contributed by atoms with van der Waals surface area (Å²) in [6, 6.07) is 16.5. The highest BCUT2D eigenvalue weighted by molar-refractivity contribution is 5.89. The highest BCUT2D eigenvalue weighted by atomic mass is 16.5. The van der Waals surface area contributed by atoms with Gasteiger partial charge in [0.25, 0.3) is 0 Å². The number of nitrogens with one attached hydrogen (secondary N) is 2. The van der Waals surface area contributed by atoms with E-state index in [2.05, 4.69) is 10.6 Å². The molecule has 0 bridgehead atoms. The minimum Gasteiger partial charge on any atom is -0.480 e. The molecule has 30 heavy (non-hydrogen) atoms. The van der Waals surface area contributed by atoms with Crippen molar-refractivity contribution < 1.29 is 24.2 Å². The normalized spacial score (nSPS) is 14.9. The van der Waals surface area contributed by atoms with Crippen molar-refractivity contribution in [2.75, 3.05) is 0 Å². The lowest BCUT2D eigenvalue weighted by atomic mass is 10.0. The number of hydrogen-bond acceptors (Lipinski definition) is 4. The van der Waals surface area contributed by atoms with Crippen molar-refractivity contribution in [2.45, 2.75) is 44.4 Å². The lowest BCUT2D eigenvalue weighted by Crippen LogP contribution is -2.52. The highest BCUT2D eigenvalue weighted by Crippen LogP contribution is 2.33. The monoisotopic (exact) mass is 410 g/mol. The lowest BCUT2D eigenvalue weighted by molar-refractivity contribution is -0.142. The number of carbonyl (C=O) groups excluding carboxylic acids is 2. The highest BCUT2D eigenvalue weighted by Gasteiger charge is 2.32. The van der Waals surface area contributed by atoms with Crippen LogP contribution in [0.4, 0.5) is 4.79 Å². The number of carboxylic acids is 1. The van der Waals surface area contributed by atoms with Gasteiger partial charge in [0, 0.05) is 6.42 Å². The van der Waals surface area contributed by atoms with Crippen LogP contribution in [0.3, 0.4) is 0 Å². The molecule has 0 radical (unpaired) electrons. The molecule has 3 N–H and O–H groups in total. The average Bonchev–Trinajstić information content (AvgIpc) is 3.57. The fourth-order valence-electron chi connectivity index (χ4n) is 3.15. The number of carboxylic acid groups (broad SMARTS) is 1. The van der Waals surface area contributed by atoms with Crippen molar-refractivity contribution in [3.8, 4) is 0 Å². The smallest absolute Gasteiger partial charge is 0.408 e.